The molecule has 0 atom stereocenters. The number of rotatable bonds is 3. The van der Waals surface area contributed by atoms with Crippen molar-refractivity contribution in [3.8, 4) is 0 Å². The van der Waals surface area contributed by atoms with Gasteiger partial charge in [0.25, 0.3) is 0 Å². The lowest BCUT2D eigenvalue weighted by molar-refractivity contribution is 1.11. The van der Waals surface area contributed by atoms with Gasteiger partial charge in [0, 0.05) is 12.7 Å². The molecule has 0 amide bonds. The molecule has 0 saturated heterocycles. The number of nitrogens with zero attached hydrogens (tertiary/aromatic N) is 1. The van der Waals surface area contributed by atoms with Crippen LogP contribution in [0.5, 0.6) is 0 Å². The van der Waals surface area contributed by atoms with Crippen LogP contribution in [0.2, 0.25) is 0 Å². The lowest BCUT2D eigenvalue weighted by Crippen LogP contribution is -2.00. The number of anilines is 1. The van der Waals surface area contributed by atoms with Gasteiger partial charge in [-0.25, -0.2) is 0 Å². The summed E-state index contributed by atoms with van der Waals surface area (Å²) in [5, 5.41) is 5.51. The van der Waals surface area contributed by atoms with Crippen LogP contribution in [0.3, 0.4) is 0 Å². The normalized spacial score (nSPS) is 10.3. The lowest BCUT2D eigenvalue weighted by atomic mass is 10.3. The molecule has 0 bridgehead atoms. The van der Waals surface area contributed by atoms with Gasteiger partial charge >= 0.3 is 0 Å². The Morgan fingerprint density at radius 1 is 1.53 bits per heavy atom. The summed E-state index contributed by atoms with van der Waals surface area (Å²) in [6.45, 7) is 2.85. The molecule has 0 radical (unpaired) electrons. The van der Waals surface area contributed by atoms with Crippen molar-refractivity contribution in [2.75, 3.05) is 5.32 Å². The first-order valence-electron chi connectivity index (χ1n) is 4.64. The highest BCUT2D eigenvalue weighted by atomic mass is 79.9. The van der Waals surface area contributed by atoms with Gasteiger partial charge in [-0.2, -0.15) is 0 Å². The number of halogens is 1. The van der Waals surface area contributed by atoms with Gasteiger partial charge in [0.2, 0.25) is 0 Å². The van der Waals surface area contributed by atoms with Crippen LogP contribution in [0.1, 0.15) is 11.3 Å². The third-order valence-electron chi connectivity index (χ3n) is 2.11. The molecule has 2 heterocycles. The highest BCUT2D eigenvalue weighted by molar-refractivity contribution is 9.11. The Labute approximate surface area is 101 Å². The maximum Gasteiger partial charge on any atom is 0.0701 e. The zero-order valence-electron chi connectivity index (χ0n) is 8.33. The molecule has 0 unspecified atom stereocenters. The van der Waals surface area contributed by atoms with Gasteiger partial charge in [-0.1, -0.05) is 0 Å². The van der Waals surface area contributed by atoms with Crippen molar-refractivity contribution in [3.63, 3.8) is 0 Å². The summed E-state index contributed by atoms with van der Waals surface area (Å²) in [5.41, 5.74) is 3.42. The Morgan fingerprint density at radius 3 is 3.07 bits per heavy atom. The first-order valence-corrected chi connectivity index (χ1v) is 6.31. The van der Waals surface area contributed by atoms with Crippen LogP contribution in [0, 0.1) is 6.92 Å². The van der Waals surface area contributed by atoms with E-state index in [9.17, 15) is 0 Å². The van der Waals surface area contributed by atoms with Crippen LogP contribution in [-0.4, -0.2) is 4.98 Å². The largest absolute Gasteiger partial charge is 0.379 e. The molecule has 0 aliphatic heterocycles. The smallest absolute Gasteiger partial charge is 0.0701 e. The molecule has 0 spiro atoms. The van der Waals surface area contributed by atoms with Crippen molar-refractivity contribution in [2.24, 2.45) is 0 Å². The molecule has 0 aromatic carbocycles. The first kappa shape index (κ1) is 10.6. The molecule has 2 nitrogen and oxygen atoms in total. The standard InChI is InChI=1S/C11H11BrN2S/c1-8-10(3-2-4-13-8)14-6-9-5-11(12)15-7-9/h2-5,7,14H,6H2,1H3. The van der Waals surface area contributed by atoms with Gasteiger partial charge in [0.05, 0.1) is 15.2 Å². The zero-order valence-corrected chi connectivity index (χ0v) is 10.7. The van der Waals surface area contributed by atoms with Gasteiger partial charge in [0.15, 0.2) is 0 Å². The van der Waals surface area contributed by atoms with E-state index in [0.717, 1.165) is 17.9 Å². The van der Waals surface area contributed by atoms with Crippen molar-refractivity contribution < 1.29 is 0 Å². The number of pyridine rings is 1. The Balaban J connectivity index is 2.02. The minimum Gasteiger partial charge on any atom is -0.379 e. The van der Waals surface area contributed by atoms with E-state index in [1.165, 1.54) is 9.35 Å². The Morgan fingerprint density at radius 2 is 2.40 bits per heavy atom. The Kier molecular flexibility index (Phi) is 3.38. The number of thiophene rings is 1. The topological polar surface area (TPSA) is 24.9 Å². The maximum absolute atomic E-state index is 4.23. The van der Waals surface area contributed by atoms with Crippen LogP contribution < -0.4 is 5.32 Å². The van der Waals surface area contributed by atoms with Crippen molar-refractivity contribution in [1.82, 2.24) is 4.98 Å². The second-order valence-electron chi connectivity index (χ2n) is 3.25. The molecule has 2 aromatic heterocycles. The SMILES string of the molecule is Cc1ncccc1NCc1csc(Br)c1. The van der Waals surface area contributed by atoms with Crippen molar-refractivity contribution in [2.45, 2.75) is 13.5 Å². The molecule has 1 N–H and O–H groups in total. The fourth-order valence-corrected chi connectivity index (χ4v) is 2.52. The zero-order chi connectivity index (χ0) is 10.7. The van der Waals surface area contributed by atoms with E-state index in [1.54, 1.807) is 11.3 Å². The Hall–Kier alpha value is -0.870. The van der Waals surface area contributed by atoms with Gasteiger partial charge < -0.3 is 5.32 Å². The predicted molar refractivity (Wildman–Crippen MR) is 68.3 cm³/mol. The molecule has 2 aromatic rings. The summed E-state index contributed by atoms with van der Waals surface area (Å²) in [6, 6.07) is 6.12. The number of aromatic nitrogens is 1. The molecule has 0 saturated carbocycles. The molecule has 2 rings (SSSR count). The van der Waals surface area contributed by atoms with Gasteiger partial charge in [-0.15, -0.1) is 11.3 Å². The molecule has 0 fully saturated rings. The third-order valence-corrected chi connectivity index (χ3v) is 3.66. The fourth-order valence-electron chi connectivity index (χ4n) is 1.31. The summed E-state index contributed by atoms with van der Waals surface area (Å²) in [7, 11) is 0. The van der Waals surface area contributed by atoms with Crippen molar-refractivity contribution in [3.05, 3.63) is 44.8 Å². The summed E-state index contributed by atoms with van der Waals surface area (Å²) >= 11 is 5.16. The Bertz CT molecular complexity index is 453. The lowest BCUT2D eigenvalue weighted by Gasteiger charge is -2.06. The number of aryl methyl sites for hydroxylation is 1. The van der Waals surface area contributed by atoms with E-state index in [1.807, 2.05) is 25.3 Å². The monoisotopic (exact) mass is 282 g/mol. The minimum atomic E-state index is 0.842. The van der Waals surface area contributed by atoms with E-state index >= 15 is 0 Å². The molecular formula is C11H11BrN2S. The van der Waals surface area contributed by atoms with Crippen molar-refractivity contribution in [1.29, 1.82) is 0 Å². The minimum absolute atomic E-state index is 0.842. The molecule has 0 aliphatic rings. The van der Waals surface area contributed by atoms with Gasteiger partial charge in [0.1, 0.15) is 0 Å². The molecular weight excluding hydrogens is 272 g/mol. The van der Waals surface area contributed by atoms with E-state index in [2.05, 4.69) is 37.7 Å². The average Bonchev–Trinajstić information content (AvgIpc) is 2.63. The van der Waals surface area contributed by atoms with Crippen molar-refractivity contribution >= 4 is 33.0 Å². The highest BCUT2D eigenvalue weighted by Gasteiger charge is 1.99. The molecule has 0 aliphatic carbocycles. The fraction of sp³-hybridized carbons (Fsp3) is 0.182. The number of nitrogens with one attached hydrogen (secondary N) is 1. The first-order chi connectivity index (χ1) is 7.25. The average molecular weight is 283 g/mol. The van der Waals surface area contributed by atoms with Gasteiger partial charge in [-0.3, -0.25) is 4.98 Å². The van der Waals surface area contributed by atoms with E-state index in [4.69, 9.17) is 0 Å². The molecule has 15 heavy (non-hydrogen) atoms. The van der Waals surface area contributed by atoms with Crippen LogP contribution >= 0.6 is 27.3 Å². The summed E-state index contributed by atoms with van der Waals surface area (Å²) in [6.07, 6.45) is 1.81. The van der Waals surface area contributed by atoms with E-state index in [-0.39, 0.29) is 0 Å². The van der Waals surface area contributed by atoms with Crippen LogP contribution in [0.4, 0.5) is 5.69 Å². The molecule has 78 valence electrons. The number of hydrogen-bond acceptors (Lipinski definition) is 3. The summed E-state index contributed by atoms with van der Waals surface area (Å²) < 4.78 is 1.17. The van der Waals surface area contributed by atoms with Crippen LogP contribution in [-0.2, 0) is 6.54 Å². The quantitative estimate of drug-likeness (QED) is 0.926. The highest BCUT2D eigenvalue weighted by Crippen LogP contribution is 2.21. The second-order valence-corrected chi connectivity index (χ2v) is 5.54. The van der Waals surface area contributed by atoms with Crippen LogP contribution in [0.25, 0.3) is 0 Å². The maximum atomic E-state index is 4.23. The van der Waals surface area contributed by atoms with Crippen LogP contribution in [0.15, 0.2) is 33.6 Å². The second kappa shape index (κ2) is 4.77. The third kappa shape index (κ3) is 2.79. The summed E-state index contributed by atoms with van der Waals surface area (Å²) in [4.78, 5) is 4.23. The summed E-state index contributed by atoms with van der Waals surface area (Å²) in [5.74, 6) is 0. The van der Waals surface area contributed by atoms with Gasteiger partial charge in [-0.05, 0) is 52.0 Å². The predicted octanol–water partition coefficient (Wildman–Crippen LogP) is 3.83. The molecule has 4 heteroatoms. The number of hydrogen-bond donors (Lipinski definition) is 1. The van der Waals surface area contributed by atoms with E-state index in [0.29, 0.717) is 0 Å². The van der Waals surface area contributed by atoms with E-state index < -0.39 is 0 Å².